The molecular formula is C14H11F3N2O2. The third-order valence-corrected chi connectivity index (χ3v) is 2.66. The topological polar surface area (TPSA) is 51.2 Å². The number of benzene rings is 1. The van der Waals surface area contributed by atoms with Gasteiger partial charge in [-0.15, -0.1) is 0 Å². The highest BCUT2D eigenvalue weighted by atomic mass is 19.4. The highest BCUT2D eigenvalue weighted by Gasteiger charge is 2.30. The first-order valence-electron chi connectivity index (χ1n) is 5.89. The standard InChI is InChI=1S/C14H11F3N2O2/c1-21-12-6-5-11(8-18-12)19-13(20)9-3-2-4-10(7-9)14(15,16)17/h2-8H,1H3,(H,19,20). The quantitative estimate of drug-likeness (QED) is 0.945. The second kappa shape index (κ2) is 5.82. The van der Waals surface area contributed by atoms with Crippen LogP contribution in [0.15, 0.2) is 42.6 Å². The number of nitrogens with one attached hydrogen (secondary N) is 1. The molecule has 1 N–H and O–H groups in total. The molecule has 1 aromatic carbocycles. The van der Waals surface area contributed by atoms with Crippen LogP contribution >= 0.6 is 0 Å². The van der Waals surface area contributed by atoms with E-state index in [1.807, 2.05) is 0 Å². The van der Waals surface area contributed by atoms with Gasteiger partial charge in [-0.05, 0) is 24.3 Å². The number of amides is 1. The molecule has 0 aliphatic heterocycles. The van der Waals surface area contributed by atoms with Gasteiger partial charge >= 0.3 is 6.18 Å². The van der Waals surface area contributed by atoms with Crippen LogP contribution in [-0.2, 0) is 6.18 Å². The molecule has 2 rings (SSSR count). The summed E-state index contributed by atoms with van der Waals surface area (Å²) in [5, 5.41) is 2.46. The van der Waals surface area contributed by atoms with Gasteiger partial charge in [-0.2, -0.15) is 13.2 Å². The molecule has 2 aromatic rings. The SMILES string of the molecule is COc1ccc(NC(=O)c2cccc(C(F)(F)F)c2)cn1. The van der Waals surface area contributed by atoms with Gasteiger partial charge in [0.25, 0.3) is 5.91 Å². The molecule has 0 unspecified atom stereocenters. The summed E-state index contributed by atoms with van der Waals surface area (Å²) in [5.41, 5.74) is -0.595. The van der Waals surface area contributed by atoms with E-state index in [9.17, 15) is 18.0 Å². The maximum absolute atomic E-state index is 12.6. The van der Waals surface area contributed by atoms with E-state index in [1.54, 1.807) is 0 Å². The Labute approximate surface area is 118 Å². The molecule has 0 saturated heterocycles. The molecular weight excluding hydrogens is 285 g/mol. The monoisotopic (exact) mass is 296 g/mol. The Balaban J connectivity index is 2.16. The van der Waals surface area contributed by atoms with Gasteiger partial charge in [0.05, 0.1) is 24.6 Å². The van der Waals surface area contributed by atoms with Crippen molar-refractivity contribution >= 4 is 11.6 Å². The van der Waals surface area contributed by atoms with Crippen LogP contribution in [0, 0.1) is 0 Å². The van der Waals surface area contributed by atoms with Gasteiger partial charge in [0.15, 0.2) is 0 Å². The molecule has 110 valence electrons. The van der Waals surface area contributed by atoms with Crippen molar-refractivity contribution in [2.45, 2.75) is 6.18 Å². The van der Waals surface area contributed by atoms with E-state index < -0.39 is 17.6 Å². The predicted octanol–water partition coefficient (Wildman–Crippen LogP) is 3.36. The van der Waals surface area contributed by atoms with Crippen molar-refractivity contribution in [3.63, 3.8) is 0 Å². The first-order valence-corrected chi connectivity index (χ1v) is 5.89. The van der Waals surface area contributed by atoms with Crippen molar-refractivity contribution in [2.24, 2.45) is 0 Å². The van der Waals surface area contributed by atoms with Gasteiger partial charge in [0, 0.05) is 11.6 Å². The van der Waals surface area contributed by atoms with Crippen LogP contribution < -0.4 is 10.1 Å². The van der Waals surface area contributed by atoms with Crippen LogP contribution in [-0.4, -0.2) is 18.0 Å². The molecule has 0 fully saturated rings. The number of rotatable bonds is 3. The molecule has 0 bridgehead atoms. The predicted molar refractivity (Wildman–Crippen MR) is 70.2 cm³/mol. The van der Waals surface area contributed by atoms with Crippen LogP contribution in [0.3, 0.4) is 0 Å². The minimum atomic E-state index is -4.49. The fraction of sp³-hybridized carbons (Fsp3) is 0.143. The largest absolute Gasteiger partial charge is 0.481 e. The Morgan fingerprint density at radius 3 is 2.57 bits per heavy atom. The van der Waals surface area contributed by atoms with Crippen molar-refractivity contribution in [3.05, 3.63) is 53.7 Å². The summed E-state index contributed by atoms with van der Waals surface area (Å²) >= 11 is 0. The number of aromatic nitrogens is 1. The van der Waals surface area contributed by atoms with Gasteiger partial charge in [-0.25, -0.2) is 4.98 Å². The molecule has 1 amide bonds. The summed E-state index contributed by atoms with van der Waals surface area (Å²) < 4.78 is 42.6. The molecule has 0 radical (unpaired) electrons. The first kappa shape index (κ1) is 14.8. The number of alkyl halides is 3. The molecule has 1 heterocycles. The van der Waals surface area contributed by atoms with Gasteiger partial charge in [-0.1, -0.05) is 6.07 Å². The van der Waals surface area contributed by atoms with Crippen molar-refractivity contribution in [2.75, 3.05) is 12.4 Å². The minimum Gasteiger partial charge on any atom is -0.481 e. The zero-order valence-corrected chi connectivity index (χ0v) is 10.9. The number of anilines is 1. The van der Waals surface area contributed by atoms with Gasteiger partial charge < -0.3 is 10.1 Å². The zero-order valence-electron chi connectivity index (χ0n) is 10.9. The normalized spacial score (nSPS) is 11.0. The lowest BCUT2D eigenvalue weighted by Gasteiger charge is -2.09. The number of nitrogens with zero attached hydrogens (tertiary/aromatic N) is 1. The van der Waals surface area contributed by atoms with E-state index in [0.29, 0.717) is 11.6 Å². The summed E-state index contributed by atoms with van der Waals surface area (Å²) in [6.45, 7) is 0. The van der Waals surface area contributed by atoms with E-state index >= 15 is 0 Å². The van der Waals surface area contributed by atoms with E-state index in [-0.39, 0.29) is 5.56 Å². The van der Waals surface area contributed by atoms with Crippen molar-refractivity contribution < 1.29 is 22.7 Å². The highest BCUT2D eigenvalue weighted by Crippen LogP contribution is 2.29. The number of methoxy groups -OCH3 is 1. The van der Waals surface area contributed by atoms with Gasteiger partial charge in [0.1, 0.15) is 0 Å². The third-order valence-electron chi connectivity index (χ3n) is 2.66. The Hall–Kier alpha value is -2.57. The maximum atomic E-state index is 12.6. The lowest BCUT2D eigenvalue weighted by Crippen LogP contribution is -2.14. The minimum absolute atomic E-state index is 0.0827. The van der Waals surface area contributed by atoms with Crippen molar-refractivity contribution in [1.82, 2.24) is 4.98 Å². The molecule has 0 spiro atoms. The molecule has 1 aromatic heterocycles. The molecule has 0 atom stereocenters. The molecule has 0 saturated carbocycles. The number of pyridine rings is 1. The Morgan fingerprint density at radius 1 is 1.24 bits per heavy atom. The van der Waals surface area contributed by atoms with Crippen LogP contribution in [0.1, 0.15) is 15.9 Å². The number of hydrogen-bond acceptors (Lipinski definition) is 3. The van der Waals surface area contributed by atoms with Crippen LogP contribution in [0.25, 0.3) is 0 Å². The van der Waals surface area contributed by atoms with E-state index in [4.69, 9.17) is 4.74 Å². The Kier molecular flexibility index (Phi) is 4.11. The van der Waals surface area contributed by atoms with Crippen molar-refractivity contribution in [3.8, 4) is 5.88 Å². The fourth-order valence-corrected chi connectivity index (χ4v) is 1.62. The molecule has 7 heteroatoms. The fourth-order valence-electron chi connectivity index (χ4n) is 1.62. The number of carbonyl (C=O) groups excluding carboxylic acids is 1. The third kappa shape index (κ3) is 3.71. The zero-order chi connectivity index (χ0) is 15.5. The number of carbonyl (C=O) groups is 1. The van der Waals surface area contributed by atoms with E-state index in [0.717, 1.165) is 12.1 Å². The molecule has 21 heavy (non-hydrogen) atoms. The van der Waals surface area contributed by atoms with Gasteiger partial charge in [0.2, 0.25) is 5.88 Å². The Morgan fingerprint density at radius 2 is 2.00 bits per heavy atom. The average molecular weight is 296 g/mol. The summed E-state index contributed by atoms with van der Waals surface area (Å²) in [6, 6.07) is 7.27. The number of hydrogen-bond donors (Lipinski definition) is 1. The first-order chi connectivity index (χ1) is 9.90. The highest BCUT2D eigenvalue weighted by molar-refractivity contribution is 6.04. The molecule has 0 aliphatic rings. The smallest absolute Gasteiger partial charge is 0.416 e. The Bertz CT molecular complexity index is 639. The van der Waals surface area contributed by atoms with E-state index in [2.05, 4.69) is 10.3 Å². The number of halogens is 3. The molecule has 0 aliphatic carbocycles. The van der Waals surface area contributed by atoms with Gasteiger partial charge in [-0.3, -0.25) is 4.79 Å². The van der Waals surface area contributed by atoms with E-state index in [1.165, 1.54) is 37.6 Å². The second-order valence-corrected chi connectivity index (χ2v) is 4.12. The van der Waals surface area contributed by atoms with Crippen molar-refractivity contribution in [1.29, 1.82) is 0 Å². The summed E-state index contributed by atoms with van der Waals surface area (Å²) in [5.74, 6) is -0.278. The summed E-state index contributed by atoms with van der Waals surface area (Å²) in [6.07, 6.45) is -3.14. The number of ether oxygens (including phenoxy) is 1. The maximum Gasteiger partial charge on any atom is 0.416 e. The van der Waals surface area contributed by atoms with Crippen LogP contribution in [0.5, 0.6) is 5.88 Å². The summed E-state index contributed by atoms with van der Waals surface area (Å²) in [7, 11) is 1.45. The summed E-state index contributed by atoms with van der Waals surface area (Å²) in [4.78, 5) is 15.8. The van der Waals surface area contributed by atoms with Crippen LogP contribution in [0.4, 0.5) is 18.9 Å². The average Bonchev–Trinajstić information content (AvgIpc) is 2.47. The lowest BCUT2D eigenvalue weighted by molar-refractivity contribution is -0.137. The second-order valence-electron chi connectivity index (χ2n) is 4.12. The van der Waals surface area contributed by atoms with Crippen LogP contribution in [0.2, 0.25) is 0 Å². The molecule has 4 nitrogen and oxygen atoms in total. The lowest BCUT2D eigenvalue weighted by atomic mass is 10.1.